The van der Waals surface area contributed by atoms with E-state index in [0.29, 0.717) is 0 Å². The third-order valence-corrected chi connectivity index (χ3v) is 4.35. The fourth-order valence-corrected chi connectivity index (χ4v) is 2.78. The Labute approximate surface area is 120 Å². The van der Waals surface area contributed by atoms with Gasteiger partial charge < -0.3 is 14.8 Å². The monoisotopic (exact) mass is 281 g/mol. The summed E-state index contributed by atoms with van der Waals surface area (Å²) in [7, 11) is 3.36. The van der Waals surface area contributed by atoms with E-state index in [2.05, 4.69) is 23.7 Å². The summed E-state index contributed by atoms with van der Waals surface area (Å²) >= 11 is 1.75. The van der Waals surface area contributed by atoms with Crippen molar-refractivity contribution in [3.63, 3.8) is 0 Å². The average Bonchev–Trinajstić information content (AvgIpc) is 3.26. The molecule has 0 spiro atoms. The van der Waals surface area contributed by atoms with Gasteiger partial charge in [0.1, 0.15) is 0 Å². The van der Waals surface area contributed by atoms with Crippen molar-refractivity contribution in [2.24, 2.45) is 5.92 Å². The lowest BCUT2D eigenvalue weighted by molar-refractivity contribution is 0.353. The van der Waals surface area contributed by atoms with Gasteiger partial charge in [-0.3, -0.25) is 0 Å². The molecule has 0 aliphatic heterocycles. The molecule has 4 heteroatoms. The molecular formula is C15H23NO2S. The Balaban J connectivity index is 1.99. The molecule has 0 heterocycles. The second-order valence-corrected chi connectivity index (χ2v) is 5.78. The van der Waals surface area contributed by atoms with E-state index in [1.54, 1.807) is 26.0 Å². The van der Waals surface area contributed by atoms with E-state index in [0.717, 1.165) is 30.5 Å². The smallest absolute Gasteiger partial charge is 0.161 e. The molecular weight excluding hydrogens is 258 g/mol. The van der Waals surface area contributed by atoms with Crippen LogP contribution in [0.4, 0.5) is 0 Å². The number of rotatable bonds is 8. The molecule has 1 aliphatic carbocycles. The maximum absolute atomic E-state index is 5.37. The zero-order valence-corrected chi connectivity index (χ0v) is 12.8. The molecule has 106 valence electrons. The molecule has 1 aliphatic rings. The second-order valence-electron chi connectivity index (χ2n) is 4.93. The molecule has 0 aromatic heterocycles. The maximum atomic E-state index is 5.37. The first-order valence-corrected chi connectivity index (χ1v) is 8.00. The molecule has 0 unspecified atom stereocenters. The summed E-state index contributed by atoms with van der Waals surface area (Å²) in [5.74, 6) is 2.59. The molecule has 1 saturated carbocycles. The van der Waals surface area contributed by atoms with Gasteiger partial charge in [0.2, 0.25) is 0 Å². The summed E-state index contributed by atoms with van der Waals surface area (Å²) < 4.78 is 10.7. The van der Waals surface area contributed by atoms with Crippen LogP contribution in [0.5, 0.6) is 11.5 Å². The Kier molecular flexibility index (Phi) is 5.40. The first kappa shape index (κ1) is 14.5. The number of hydrogen-bond donors (Lipinski definition) is 1. The van der Waals surface area contributed by atoms with Crippen LogP contribution in [0.15, 0.2) is 17.0 Å². The highest BCUT2D eigenvalue weighted by molar-refractivity contribution is 7.98. The fraction of sp³-hybridized carbons (Fsp3) is 0.600. The number of ether oxygens (including phenoxy) is 2. The molecule has 0 atom stereocenters. The maximum Gasteiger partial charge on any atom is 0.161 e. The summed E-state index contributed by atoms with van der Waals surface area (Å²) in [4.78, 5) is 1.25. The molecule has 1 aromatic rings. The van der Waals surface area contributed by atoms with Gasteiger partial charge in [0, 0.05) is 11.4 Å². The first-order valence-electron chi connectivity index (χ1n) is 6.78. The van der Waals surface area contributed by atoms with Crippen LogP contribution in [0.2, 0.25) is 0 Å². The van der Waals surface area contributed by atoms with Crippen molar-refractivity contribution in [2.45, 2.75) is 30.7 Å². The Hall–Kier alpha value is -0.870. The largest absolute Gasteiger partial charge is 0.493 e. The van der Waals surface area contributed by atoms with Crippen LogP contribution in [-0.4, -0.2) is 27.0 Å². The van der Waals surface area contributed by atoms with Gasteiger partial charge in [0.05, 0.1) is 14.2 Å². The Morgan fingerprint density at radius 2 is 1.89 bits per heavy atom. The predicted octanol–water partition coefficient (Wildman–Crippen LogP) is 3.32. The highest BCUT2D eigenvalue weighted by Gasteiger charge is 2.20. The lowest BCUT2D eigenvalue weighted by Crippen LogP contribution is -2.15. The number of nitrogens with one attached hydrogen (secondary N) is 1. The van der Waals surface area contributed by atoms with Crippen molar-refractivity contribution in [3.8, 4) is 11.5 Å². The quantitative estimate of drug-likeness (QED) is 0.585. The van der Waals surface area contributed by atoms with Gasteiger partial charge in [-0.2, -0.15) is 0 Å². The number of hydrogen-bond acceptors (Lipinski definition) is 4. The summed E-state index contributed by atoms with van der Waals surface area (Å²) in [5, 5.41) is 3.53. The van der Waals surface area contributed by atoms with Crippen LogP contribution >= 0.6 is 11.8 Å². The van der Waals surface area contributed by atoms with E-state index in [-0.39, 0.29) is 0 Å². The normalized spacial score (nSPS) is 14.5. The fourth-order valence-electron chi connectivity index (χ4n) is 2.17. The van der Waals surface area contributed by atoms with Crippen molar-refractivity contribution in [3.05, 3.63) is 17.7 Å². The van der Waals surface area contributed by atoms with E-state index >= 15 is 0 Å². The molecule has 0 amide bonds. The predicted molar refractivity (Wildman–Crippen MR) is 80.4 cm³/mol. The molecule has 0 radical (unpaired) electrons. The van der Waals surface area contributed by atoms with Crippen LogP contribution in [0.3, 0.4) is 0 Å². The minimum atomic E-state index is 0.800. The summed E-state index contributed by atoms with van der Waals surface area (Å²) in [6.45, 7) is 2.00. The zero-order valence-electron chi connectivity index (χ0n) is 12.0. The summed E-state index contributed by atoms with van der Waals surface area (Å²) in [6, 6.07) is 4.14. The van der Waals surface area contributed by atoms with Gasteiger partial charge in [0.15, 0.2) is 11.5 Å². The first-order chi connectivity index (χ1) is 9.28. The van der Waals surface area contributed by atoms with E-state index in [1.165, 1.54) is 29.7 Å². The molecule has 19 heavy (non-hydrogen) atoms. The number of benzene rings is 1. The van der Waals surface area contributed by atoms with Gasteiger partial charge in [0.25, 0.3) is 0 Å². The van der Waals surface area contributed by atoms with Gasteiger partial charge >= 0.3 is 0 Å². The average molecular weight is 281 g/mol. The van der Waals surface area contributed by atoms with Gasteiger partial charge in [-0.1, -0.05) is 12.8 Å². The Morgan fingerprint density at radius 1 is 1.21 bits per heavy atom. The van der Waals surface area contributed by atoms with Gasteiger partial charge in [-0.05, 0) is 42.8 Å². The Bertz CT molecular complexity index is 419. The lowest BCUT2D eigenvalue weighted by Gasteiger charge is -2.14. The summed E-state index contributed by atoms with van der Waals surface area (Å²) in [5.41, 5.74) is 1.28. The van der Waals surface area contributed by atoms with Crippen molar-refractivity contribution in [1.82, 2.24) is 5.32 Å². The van der Waals surface area contributed by atoms with Crippen LogP contribution in [0.1, 0.15) is 24.8 Å². The van der Waals surface area contributed by atoms with Crippen molar-refractivity contribution in [2.75, 3.05) is 27.0 Å². The summed E-state index contributed by atoms with van der Waals surface area (Å²) in [6.07, 6.45) is 6.25. The number of thioether (sulfide) groups is 1. The van der Waals surface area contributed by atoms with Crippen LogP contribution in [0.25, 0.3) is 0 Å². The highest BCUT2D eigenvalue weighted by Crippen LogP contribution is 2.35. The van der Waals surface area contributed by atoms with E-state index in [4.69, 9.17) is 9.47 Å². The molecule has 0 bridgehead atoms. The van der Waals surface area contributed by atoms with Crippen LogP contribution < -0.4 is 14.8 Å². The third kappa shape index (κ3) is 4.05. The minimum Gasteiger partial charge on any atom is -0.493 e. The minimum absolute atomic E-state index is 0.800. The standard InChI is InChI=1S/C15H23NO2S/c1-17-13-8-12(10-16-7-6-11-4-5-11)15(19-3)9-14(13)18-2/h8-9,11,16H,4-7,10H2,1-3H3. The Morgan fingerprint density at radius 3 is 2.47 bits per heavy atom. The third-order valence-electron chi connectivity index (χ3n) is 3.53. The van der Waals surface area contributed by atoms with Gasteiger partial charge in [-0.25, -0.2) is 0 Å². The number of methoxy groups -OCH3 is 2. The second kappa shape index (κ2) is 7.06. The molecule has 1 aromatic carbocycles. The molecule has 1 N–H and O–H groups in total. The lowest BCUT2D eigenvalue weighted by atomic mass is 10.2. The molecule has 3 nitrogen and oxygen atoms in total. The van der Waals surface area contributed by atoms with Crippen molar-refractivity contribution >= 4 is 11.8 Å². The molecule has 1 fully saturated rings. The topological polar surface area (TPSA) is 30.5 Å². The van der Waals surface area contributed by atoms with E-state index in [1.807, 2.05) is 0 Å². The SMILES string of the molecule is COc1cc(CNCCC2CC2)c(SC)cc1OC. The van der Waals surface area contributed by atoms with Crippen LogP contribution in [-0.2, 0) is 6.54 Å². The van der Waals surface area contributed by atoms with E-state index in [9.17, 15) is 0 Å². The van der Waals surface area contributed by atoms with Gasteiger partial charge in [-0.15, -0.1) is 11.8 Å². The molecule has 0 saturated heterocycles. The molecule has 2 rings (SSSR count). The van der Waals surface area contributed by atoms with Crippen molar-refractivity contribution in [1.29, 1.82) is 0 Å². The van der Waals surface area contributed by atoms with E-state index < -0.39 is 0 Å². The zero-order chi connectivity index (χ0) is 13.7. The van der Waals surface area contributed by atoms with Crippen molar-refractivity contribution < 1.29 is 9.47 Å². The highest BCUT2D eigenvalue weighted by atomic mass is 32.2. The van der Waals surface area contributed by atoms with Crippen LogP contribution in [0, 0.1) is 5.92 Å².